The van der Waals surface area contributed by atoms with Gasteiger partial charge in [0.1, 0.15) is 0 Å². The summed E-state index contributed by atoms with van der Waals surface area (Å²) in [6, 6.07) is 5.36. The van der Waals surface area contributed by atoms with E-state index in [9.17, 15) is 18.0 Å². The van der Waals surface area contributed by atoms with Gasteiger partial charge < -0.3 is 5.32 Å². The number of halogens is 3. The number of carbonyl (C=O) groups excluding carboxylic acids is 1. The highest BCUT2D eigenvalue weighted by atomic mass is 19.3. The lowest BCUT2D eigenvalue weighted by atomic mass is 10.1. The van der Waals surface area contributed by atoms with Gasteiger partial charge in [0.15, 0.2) is 6.17 Å². The molecule has 15 heavy (non-hydrogen) atoms. The van der Waals surface area contributed by atoms with Crippen LogP contribution < -0.4 is 5.32 Å². The fraction of sp³-hybridized carbons (Fsp3) is 0.300. The fourth-order valence-electron chi connectivity index (χ4n) is 1.14. The van der Waals surface area contributed by atoms with Crippen molar-refractivity contribution >= 4 is 11.6 Å². The van der Waals surface area contributed by atoms with Crippen LogP contribution in [0.25, 0.3) is 0 Å². The minimum absolute atomic E-state index is 0.142. The van der Waals surface area contributed by atoms with E-state index in [-0.39, 0.29) is 11.5 Å². The molecule has 1 amide bonds. The summed E-state index contributed by atoms with van der Waals surface area (Å²) in [4.78, 5) is 10.7. The zero-order valence-electron chi connectivity index (χ0n) is 8.01. The van der Waals surface area contributed by atoms with Gasteiger partial charge in [-0.1, -0.05) is 12.1 Å². The molecule has 0 aliphatic rings. The van der Waals surface area contributed by atoms with E-state index >= 15 is 0 Å². The maximum Gasteiger partial charge on any atom is 0.273 e. The van der Waals surface area contributed by atoms with Crippen LogP contribution in [-0.2, 0) is 4.79 Å². The fourth-order valence-corrected chi connectivity index (χ4v) is 1.14. The largest absolute Gasteiger partial charge is 0.326 e. The molecule has 1 atom stereocenters. The smallest absolute Gasteiger partial charge is 0.273 e. The van der Waals surface area contributed by atoms with Crippen molar-refractivity contribution in [2.24, 2.45) is 0 Å². The summed E-state index contributed by atoms with van der Waals surface area (Å²) < 4.78 is 37.0. The Morgan fingerprint density at radius 3 is 2.53 bits per heavy atom. The Kier molecular flexibility index (Phi) is 3.71. The van der Waals surface area contributed by atoms with E-state index in [0.717, 1.165) is 0 Å². The van der Waals surface area contributed by atoms with Gasteiger partial charge in [-0.2, -0.15) is 0 Å². The zero-order chi connectivity index (χ0) is 11.4. The van der Waals surface area contributed by atoms with Gasteiger partial charge in [-0.3, -0.25) is 4.79 Å². The zero-order valence-corrected chi connectivity index (χ0v) is 8.01. The van der Waals surface area contributed by atoms with Crippen LogP contribution in [0.2, 0.25) is 0 Å². The summed E-state index contributed by atoms with van der Waals surface area (Å²) >= 11 is 0. The van der Waals surface area contributed by atoms with Crippen molar-refractivity contribution in [2.75, 3.05) is 5.32 Å². The first-order valence-electron chi connectivity index (χ1n) is 4.30. The van der Waals surface area contributed by atoms with Crippen molar-refractivity contribution in [3.05, 3.63) is 29.8 Å². The molecule has 0 aromatic heterocycles. The third-order valence-corrected chi connectivity index (χ3v) is 1.75. The van der Waals surface area contributed by atoms with Crippen LogP contribution in [-0.4, -0.2) is 12.3 Å². The third kappa shape index (κ3) is 3.27. The number of carbonyl (C=O) groups is 1. The highest BCUT2D eigenvalue weighted by Gasteiger charge is 2.21. The van der Waals surface area contributed by atoms with Gasteiger partial charge >= 0.3 is 0 Å². The Hall–Kier alpha value is -1.52. The van der Waals surface area contributed by atoms with Gasteiger partial charge in [0, 0.05) is 12.6 Å². The Morgan fingerprint density at radius 1 is 1.33 bits per heavy atom. The van der Waals surface area contributed by atoms with E-state index in [0.29, 0.717) is 5.69 Å². The second-order valence-electron chi connectivity index (χ2n) is 3.04. The van der Waals surface area contributed by atoms with E-state index < -0.39 is 12.6 Å². The van der Waals surface area contributed by atoms with E-state index in [1.807, 2.05) is 0 Å². The first kappa shape index (κ1) is 11.6. The average Bonchev–Trinajstić information content (AvgIpc) is 2.16. The van der Waals surface area contributed by atoms with Crippen LogP contribution in [0.5, 0.6) is 0 Å². The second kappa shape index (κ2) is 4.82. The summed E-state index contributed by atoms with van der Waals surface area (Å²) in [5.41, 5.74) is 0.166. The van der Waals surface area contributed by atoms with Gasteiger partial charge in [0.25, 0.3) is 6.43 Å². The predicted molar refractivity (Wildman–Crippen MR) is 50.6 cm³/mol. The van der Waals surface area contributed by atoms with Crippen LogP contribution in [0, 0.1) is 0 Å². The molecule has 0 saturated carbocycles. The topological polar surface area (TPSA) is 29.1 Å². The Labute approximate surface area is 85.1 Å². The number of hydrogen-bond donors (Lipinski definition) is 1. The Morgan fingerprint density at radius 2 is 2.00 bits per heavy atom. The minimum Gasteiger partial charge on any atom is -0.326 e. The molecule has 1 rings (SSSR count). The molecule has 0 aliphatic carbocycles. The van der Waals surface area contributed by atoms with Gasteiger partial charge in [-0.25, -0.2) is 13.2 Å². The maximum absolute atomic E-state index is 12.9. The first-order valence-corrected chi connectivity index (χ1v) is 4.30. The minimum atomic E-state index is -3.06. The normalized spacial score (nSPS) is 12.6. The van der Waals surface area contributed by atoms with Crippen LogP contribution in [0.15, 0.2) is 24.3 Å². The number of alkyl halides is 3. The highest BCUT2D eigenvalue weighted by molar-refractivity contribution is 5.88. The number of amides is 1. The first-order chi connectivity index (χ1) is 7.00. The van der Waals surface area contributed by atoms with Gasteiger partial charge in [-0.05, 0) is 17.7 Å². The SMILES string of the molecule is CC(=O)Nc1cccc(C(F)C(F)F)c1. The van der Waals surface area contributed by atoms with Crippen molar-refractivity contribution in [3.8, 4) is 0 Å². The van der Waals surface area contributed by atoms with E-state index in [1.54, 1.807) is 0 Å². The lowest BCUT2D eigenvalue weighted by Gasteiger charge is -2.09. The summed E-state index contributed by atoms with van der Waals surface area (Å²) in [5, 5.41) is 2.39. The standard InChI is InChI=1S/C10H10F3NO/c1-6(15)14-8-4-2-3-7(5-8)9(11)10(12)13/h2-5,9-10H,1H3,(H,14,15). The number of rotatable bonds is 3. The predicted octanol–water partition coefficient (Wildman–Crippen LogP) is 2.92. The average molecular weight is 217 g/mol. The van der Waals surface area contributed by atoms with Crippen molar-refractivity contribution in [1.29, 1.82) is 0 Å². The van der Waals surface area contributed by atoms with Crippen molar-refractivity contribution in [1.82, 2.24) is 0 Å². The van der Waals surface area contributed by atoms with E-state index in [4.69, 9.17) is 0 Å². The van der Waals surface area contributed by atoms with Gasteiger partial charge in [0.2, 0.25) is 5.91 Å². The molecule has 1 aromatic carbocycles. The monoisotopic (exact) mass is 217 g/mol. The molecular formula is C10H10F3NO. The molecule has 0 bridgehead atoms. The molecular weight excluding hydrogens is 207 g/mol. The molecule has 1 N–H and O–H groups in total. The van der Waals surface area contributed by atoms with Crippen LogP contribution >= 0.6 is 0 Å². The van der Waals surface area contributed by atoms with Gasteiger partial charge in [-0.15, -0.1) is 0 Å². The van der Waals surface area contributed by atoms with Crippen LogP contribution in [0.1, 0.15) is 18.7 Å². The number of hydrogen-bond acceptors (Lipinski definition) is 1. The van der Waals surface area contributed by atoms with Crippen molar-refractivity contribution in [3.63, 3.8) is 0 Å². The molecule has 0 aliphatic heterocycles. The molecule has 1 unspecified atom stereocenters. The van der Waals surface area contributed by atoms with Crippen molar-refractivity contribution < 1.29 is 18.0 Å². The number of benzene rings is 1. The quantitative estimate of drug-likeness (QED) is 0.828. The summed E-state index contributed by atoms with van der Waals surface area (Å²) in [6.07, 6.45) is -5.38. The number of nitrogens with one attached hydrogen (secondary N) is 1. The molecule has 1 aromatic rings. The van der Waals surface area contributed by atoms with E-state index in [2.05, 4.69) is 5.32 Å². The third-order valence-electron chi connectivity index (χ3n) is 1.75. The lowest BCUT2D eigenvalue weighted by Crippen LogP contribution is -2.07. The highest BCUT2D eigenvalue weighted by Crippen LogP contribution is 2.26. The van der Waals surface area contributed by atoms with Gasteiger partial charge in [0.05, 0.1) is 0 Å². The Balaban J connectivity index is 2.87. The summed E-state index contributed by atoms with van der Waals surface area (Å²) in [7, 11) is 0. The second-order valence-corrected chi connectivity index (χ2v) is 3.04. The van der Waals surface area contributed by atoms with Crippen LogP contribution in [0.3, 0.4) is 0 Å². The molecule has 0 spiro atoms. The molecule has 5 heteroatoms. The molecule has 0 saturated heterocycles. The van der Waals surface area contributed by atoms with E-state index in [1.165, 1.54) is 31.2 Å². The Bertz CT molecular complexity index is 354. The molecule has 2 nitrogen and oxygen atoms in total. The summed E-state index contributed by atoms with van der Waals surface area (Å²) in [5.74, 6) is -0.334. The molecule has 0 heterocycles. The summed E-state index contributed by atoms with van der Waals surface area (Å²) in [6.45, 7) is 1.28. The molecule has 0 fully saturated rings. The van der Waals surface area contributed by atoms with Crippen molar-refractivity contribution in [2.45, 2.75) is 19.5 Å². The number of anilines is 1. The lowest BCUT2D eigenvalue weighted by molar-refractivity contribution is -0.114. The molecule has 82 valence electrons. The maximum atomic E-state index is 12.9. The molecule has 0 radical (unpaired) electrons. The van der Waals surface area contributed by atoms with Crippen LogP contribution in [0.4, 0.5) is 18.9 Å².